The maximum absolute atomic E-state index is 11.5. The van der Waals surface area contributed by atoms with Crippen molar-refractivity contribution in [2.75, 3.05) is 23.9 Å². The summed E-state index contributed by atoms with van der Waals surface area (Å²) in [5, 5.41) is 3.25. The lowest BCUT2D eigenvalue weighted by molar-refractivity contribution is -0.129. The van der Waals surface area contributed by atoms with Crippen molar-refractivity contribution in [3.05, 3.63) is 23.9 Å². The highest BCUT2D eigenvalue weighted by molar-refractivity contribution is 7.90. The fourth-order valence-corrected chi connectivity index (χ4v) is 3.81. The van der Waals surface area contributed by atoms with Crippen molar-refractivity contribution in [2.45, 2.75) is 25.9 Å². The summed E-state index contributed by atoms with van der Waals surface area (Å²) in [5.74, 6) is 0.711. The van der Waals surface area contributed by atoms with Gasteiger partial charge in [0, 0.05) is 36.5 Å². The molecule has 2 rings (SSSR count). The molecular formula is C14H21N3O3S. The monoisotopic (exact) mass is 311 g/mol. The van der Waals surface area contributed by atoms with E-state index in [9.17, 15) is 13.2 Å². The Bertz CT molecular complexity index is 616. The Morgan fingerprint density at radius 3 is 2.81 bits per heavy atom. The molecule has 116 valence electrons. The minimum Gasteiger partial charge on any atom is -0.368 e. The molecule has 1 aromatic rings. The highest BCUT2D eigenvalue weighted by Crippen LogP contribution is 2.40. The molecule has 1 aliphatic rings. The second kappa shape index (κ2) is 6.01. The number of pyridine rings is 1. The summed E-state index contributed by atoms with van der Waals surface area (Å²) in [4.78, 5) is 17.1. The van der Waals surface area contributed by atoms with Crippen LogP contribution in [-0.4, -0.2) is 49.3 Å². The van der Waals surface area contributed by atoms with E-state index >= 15 is 0 Å². The van der Waals surface area contributed by atoms with Crippen molar-refractivity contribution < 1.29 is 13.2 Å². The van der Waals surface area contributed by atoms with Gasteiger partial charge in [-0.1, -0.05) is 6.07 Å². The van der Waals surface area contributed by atoms with Gasteiger partial charge in [0.2, 0.25) is 6.41 Å². The second-order valence-corrected chi connectivity index (χ2v) is 8.02. The van der Waals surface area contributed by atoms with Crippen LogP contribution in [0.25, 0.3) is 0 Å². The predicted octanol–water partition coefficient (Wildman–Crippen LogP) is 1.08. The SMILES string of the molecule is CC(C)Nc1ncccc1C1C(CS(C)(=O)=O)CN1C=O. The number of aromatic nitrogens is 1. The smallest absolute Gasteiger partial charge is 0.210 e. The molecule has 2 heterocycles. The standard InChI is InChI=1S/C14H21N3O3S/c1-10(2)16-14-12(5-4-6-15-14)13-11(7-17(13)9-18)8-21(3,19)20/h4-6,9-11,13H,7-8H2,1-3H3,(H,15,16). The van der Waals surface area contributed by atoms with Crippen molar-refractivity contribution in [3.63, 3.8) is 0 Å². The van der Waals surface area contributed by atoms with Crippen LogP contribution in [0.3, 0.4) is 0 Å². The van der Waals surface area contributed by atoms with Crippen LogP contribution in [0.5, 0.6) is 0 Å². The Morgan fingerprint density at radius 2 is 2.24 bits per heavy atom. The Labute approximate surface area is 125 Å². The van der Waals surface area contributed by atoms with Gasteiger partial charge < -0.3 is 10.2 Å². The summed E-state index contributed by atoms with van der Waals surface area (Å²) in [6.45, 7) is 4.48. The van der Waals surface area contributed by atoms with Crippen molar-refractivity contribution >= 4 is 22.1 Å². The molecule has 1 fully saturated rings. The maximum Gasteiger partial charge on any atom is 0.210 e. The summed E-state index contributed by atoms with van der Waals surface area (Å²) in [6.07, 6.45) is 3.68. The summed E-state index contributed by atoms with van der Waals surface area (Å²) < 4.78 is 23.1. The predicted molar refractivity (Wildman–Crippen MR) is 81.7 cm³/mol. The number of hydrogen-bond donors (Lipinski definition) is 1. The van der Waals surface area contributed by atoms with E-state index < -0.39 is 9.84 Å². The quantitative estimate of drug-likeness (QED) is 0.795. The molecule has 21 heavy (non-hydrogen) atoms. The molecule has 0 radical (unpaired) electrons. The van der Waals surface area contributed by atoms with E-state index in [4.69, 9.17) is 0 Å². The summed E-state index contributed by atoms with van der Waals surface area (Å²) in [7, 11) is -3.08. The number of sulfone groups is 1. The van der Waals surface area contributed by atoms with Gasteiger partial charge in [-0.15, -0.1) is 0 Å². The molecule has 1 amide bonds. The van der Waals surface area contributed by atoms with E-state index in [1.165, 1.54) is 6.26 Å². The molecule has 1 aromatic heterocycles. The molecule has 6 nitrogen and oxygen atoms in total. The first-order valence-electron chi connectivity index (χ1n) is 6.92. The summed E-state index contributed by atoms with van der Waals surface area (Å²) >= 11 is 0. The second-order valence-electron chi connectivity index (χ2n) is 5.84. The van der Waals surface area contributed by atoms with Gasteiger partial charge in [0.1, 0.15) is 15.7 Å². The number of amides is 1. The van der Waals surface area contributed by atoms with E-state index in [0.717, 1.165) is 12.0 Å². The van der Waals surface area contributed by atoms with Gasteiger partial charge in [0.15, 0.2) is 0 Å². The zero-order valence-corrected chi connectivity index (χ0v) is 13.3. The van der Waals surface area contributed by atoms with E-state index in [1.807, 2.05) is 19.9 Å². The molecule has 2 atom stereocenters. The first-order chi connectivity index (χ1) is 9.81. The first-order valence-corrected chi connectivity index (χ1v) is 8.98. The molecule has 0 bridgehead atoms. The average Bonchev–Trinajstić information content (AvgIpc) is 2.34. The Balaban J connectivity index is 2.30. The van der Waals surface area contributed by atoms with Gasteiger partial charge in [-0.05, 0) is 19.9 Å². The largest absolute Gasteiger partial charge is 0.368 e. The Kier molecular flexibility index (Phi) is 4.51. The zero-order chi connectivity index (χ0) is 15.6. The van der Waals surface area contributed by atoms with Crippen LogP contribution in [0.1, 0.15) is 25.5 Å². The van der Waals surface area contributed by atoms with Crippen molar-refractivity contribution in [2.24, 2.45) is 5.92 Å². The molecule has 0 spiro atoms. The first kappa shape index (κ1) is 15.8. The maximum atomic E-state index is 11.5. The normalized spacial score (nSPS) is 22.0. The lowest BCUT2D eigenvalue weighted by atomic mass is 9.85. The summed E-state index contributed by atoms with van der Waals surface area (Å²) in [6, 6.07) is 3.68. The van der Waals surface area contributed by atoms with Gasteiger partial charge in [-0.2, -0.15) is 0 Å². The number of nitrogens with zero attached hydrogens (tertiary/aromatic N) is 2. The fraction of sp³-hybridized carbons (Fsp3) is 0.571. The van der Waals surface area contributed by atoms with Crippen molar-refractivity contribution in [1.82, 2.24) is 9.88 Å². The van der Waals surface area contributed by atoms with Gasteiger partial charge in [-0.3, -0.25) is 4.79 Å². The van der Waals surface area contributed by atoms with Crippen LogP contribution in [0.4, 0.5) is 5.82 Å². The third-order valence-corrected chi connectivity index (χ3v) is 4.52. The van der Waals surface area contributed by atoms with Crippen LogP contribution >= 0.6 is 0 Å². The van der Waals surface area contributed by atoms with Crippen molar-refractivity contribution in [3.8, 4) is 0 Å². The molecule has 2 unspecified atom stereocenters. The van der Waals surface area contributed by atoms with Crippen LogP contribution in [-0.2, 0) is 14.6 Å². The van der Waals surface area contributed by atoms with Crippen LogP contribution < -0.4 is 5.32 Å². The third-order valence-electron chi connectivity index (χ3n) is 3.48. The van der Waals surface area contributed by atoms with Gasteiger partial charge in [0.05, 0.1) is 11.8 Å². The van der Waals surface area contributed by atoms with E-state index in [-0.39, 0.29) is 23.8 Å². The number of carbonyl (C=O) groups excluding carboxylic acids is 1. The van der Waals surface area contributed by atoms with E-state index in [0.29, 0.717) is 12.4 Å². The van der Waals surface area contributed by atoms with Gasteiger partial charge in [-0.25, -0.2) is 13.4 Å². The van der Waals surface area contributed by atoms with Crippen LogP contribution in [0, 0.1) is 5.92 Å². The highest BCUT2D eigenvalue weighted by Gasteiger charge is 2.42. The number of anilines is 1. The number of likely N-dealkylation sites (tertiary alicyclic amines) is 1. The number of nitrogens with one attached hydrogen (secondary N) is 1. The third kappa shape index (κ3) is 3.72. The molecule has 1 saturated heterocycles. The number of rotatable bonds is 6. The minimum atomic E-state index is -3.08. The molecule has 1 aliphatic heterocycles. The molecule has 0 saturated carbocycles. The fourth-order valence-electron chi connectivity index (χ4n) is 2.74. The van der Waals surface area contributed by atoms with Gasteiger partial charge in [0.25, 0.3) is 0 Å². The Hall–Kier alpha value is -1.63. The lowest BCUT2D eigenvalue weighted by Gasteiger charge is -2.46. The lowest BCUT2D eigenvalue weighted by Crippen LogP contribution is -2.51. The van der Waals surface area contributed by atoms with Crippen LogP contribution in [0.2, 0.25) is 0 Å². The molecular weight excluding hydrogens is 290 g/mol. The zero-order valence-electron chi connectivity index (χ0n) is 12.5. The number of carbonyl (C=O) groups is 1. The number of hydrogen-bond acceptors (Lipinski definition) is 5. The molecule has 7 heteroatoms. The average molecular weight is 311 g/mol. The Morgan fingerprint density at radius 1 is 1.52 bits per heavy atom. The molecule has 1 N–H and O–H groups in total. The van der Waals surface area contributed by atoms with Crippen LogP contribution in [0.15, 0.2) is 18.3 Å². The van der Waals surface area contributed by atoms with E-state index in [1.54, 1.807) is 17.2 Å². The molecule has 0 aromatic carbocycles. The highest BCUT2D eigenvalue weighted by atomic mass is 32.2. The topological polar surface area (TPSA) is 79.4 Å². The molecule has 0 aliphatic carbocycles. The summed E-state index contributed by atoms with van der Waals surface area (Å²) in [5.41, 5.74) is 0.873. The minimum absolute atomic E-state index is 0.0814. The van der Waals surface area contributed by atoms with E-state index in [2.05, 4.69) is 10.3 Å². The van der Waals surface area contributed by atoms with Crippen molar-refractivity contribution in [1.29, 1.82) is 0 Å². The van der Waals surface area contributed by atoms with Gasteiger partial charge >= 0.3 is 0 Å².